The van der Waals surface area contributed by atoms with Gasteiger partial charge >= 0.3 is 0 Å². The lowest BCUT2D eigenvalue weighted by molar-refractivity contribution is 0.0285. The highest BCUT2D eigenvalue weighted by Gasteiger charge is 2.13. The maximum absolute atomic E-state index is 9.55. The van der Waals surface area contributed by atoms with Crippen LogP contribution in [0.4, 0.5) is 0 Å². The van der Waals surface area contributed by atoms with Crippen LogP contribution in [-0.4, -0.2) is 26.7 Å². The van der Waals surface area contributed by atoms with E-state index >= 15 is 0 Å². The lowest BCUT2D eigenvalue weighted by Gasteiger charge is -2.17. The molecule has 2 aromatic heterocycles. The van der Waals surface area contributed by atoms with Crippen molar-refractivity contribution in [3.05, 3.63) is 30.2 Å². The number of hydrogen-bond donors (Lipinski definition) is 1. The summed E-state index contributed by atoms with van der Waals surface area (Å²) in [7, 11) is 0. The molecule has 0 aliphatic carbocycles. The molecule has 4 heteroatoms. The van der Waals surface area contributed by atoms with E-state index in [2.05, 4.69) is 4.98 Å². The second-order valence-corrected chi connectivity index (χ2v) is 4.59. The molecule has 0 aliphatic rings. The number of pyridine rings is 1. The molecule has 1 N–H and O–H groups in total. The number of nitrogens with zero attached hydrogens (tertiary/aromatic N) is 2. The normalized spacial score (nSPS) is 12.0. The molecule has 0 radical (unpaired) electrons. The molecule has 0 atom stereocenters. The van der Waals surface area contributed by atoms with E-state index in [1.54, 1.807) is 13.8 Å². The number of ether oxygens (including phenoxy) is 1. The number of rotatable bonds is 3. The Bertz CT molecular complexity index is 497. The van der Waals surface area contributed by atoms with Crippen molar-refractivity contribution in [1.29, 1.82) is 0 Å². The highest BCUT2D eigenvalue weighted by atomic mass is 16.5. The quantitative estimate of drug-likeness (QED) is 0.857. The Balaban J connectivity index is 2.20. The summed E-state index contributed by atoms with van der Waals surface area (Å²) in [6.45, 7) is 5.69. The van der Waals surface area contributed by atoms with Crippen LogP contribution < -0.4 is 4.74 Å². The smallest absolute Gasteiger partial charge is 0.140 e. The minimum Gasteiger partial charge on any atom is -0.490 e. The van der Waals surface area contributed by atoms with Crippen LogP contribution in [-0.2, 0) is 0 Å². The zero-order valence-electron chi connectivity index (χ0n) is 9.77. The third kappa shape index (κ3) is 2.33. The SMILES string of the molecule is Cc1cnc2cc(OCC(C)(C)O)ccn12. The molecular formula is C12H16N2O2. The highest BCUT2D eigenvalue weighted by Crippen LogP contribution is 2.16. The monoisotopic (exact) mass is 220 g/mol. The first-order chi connectivity index (χ1) is 7.46. The third-order valence-electron chi connectivity index (χ3n) is 2.26. The third-order valence-corrected chi connectivity index (χ3v) is 2.26. The van der Waals surface area contributed by atoms with Gasteiger partial charge < -0.3 is 14.2 Å². The number of fused-ring (bicyclic) bond motifs is 1. The average Bonchev–Trinajstić information content (AvgIpc) is 2.56. The summed E-state index contributed by atoms with van der Waals surface area (Å²) in [5.41, 5.74) is 1.12. The Labute approximate surface area is 94.5 Å². The number of aliphatic hydroxyl groups is 1. The molecule has 0 unspecified atom stereocenters. The molecule has 0 spiro atoms. The van der Waals surface area contributed by atoms with Crippen molar-refractivity contribution in [2.45, 2.75) is 26.4 Å². The first-order valence-electron chi connectivity index (χ1n) is 5.25. The van der Waals surface area contributed by atoms with Gasteiger partial charge in [0.05, 0.1) is 5.60 Å². The van der Waals surface area contributed by atoms with E-state index in [1.807, 2.05) is 35.9 Å². The second kappa shape index (κ2) is 3.79. The number of hydrogen-bond acceptors (Lipinski definition) is 3. The lowest BCUT2D eigenvalue weighted by atomic mass is 10.2. The maximum Gasteiger partial charge on any atom is 0.140 e. The molecule has 86 valence electrons. The summed E-state index contributed by atoms with van der Waals surface area (Å²) in [5, 5.41) is 9.55. The van der Waals surface area contributed by atoms with Gasteiger partial charge in [0.2, 0.25) is 0 Å². The molecule has 0 aromatic carbocycles. The summed E-state index contributed by atoms with van der Waals surface area (Å²) in [4.78, 5) is 4.24. The zero-order valence-corrected chi connectivity index (χ0v) is 9.77. The van der Waals surface area contributed by atoms with Gasteiger partial charge in [-0.05, 0) is 26.8 Å². The van der Waals surface area contributed by atoms with Gasteiger partial charge in [-0.25, -0.2) is 4.98 Å². The fourth-order valence-electron chi connectivity index (χ4n) is 1.44. The fourth-order valence-corrected chi connectivity index (χ4v) is 1.44. The number of aryl methyl sites for hydroxylation is 1. The Kier molecular flexibility index (Phi) is 2.59. The molecule has 0 bridgehead atoms. The molecule has 16 heavy (non-hydrogen) atoms. The summed E-state index contributed by atoms with van der Waals surface area (Å²) < 4.78 is 7.47. The van der Waals surface area contributed by atoms with Crippen LogP contribution in [0.5, 0.6) is 5.75 Å². The molecule has 4 nitrogen and oxygen atoms in total. The molecule has 0 saturated heterocycles. The topological polar surface area (TPSA) is 46.8 Å². The van der Waals surface area contributed by atoms with Gasteiger partial charge in [0.1, 0.15) is 18.0 Å². The lowest BCUT2D eigenvalue weighted by Crippen LogP contribution is -2.27. The molecule has 0 aliphatic heterocycles. The van der Waals surface area contributed by atoms with Crippen molar-refractivity contribution in [2.24, 2.45) is 0 Å². The van der Waals surface area contributed by atoms with Crippen LogP contribution in [0.3, 0.4) is 0 Å². The standard InChI is InChI=1S/C12H16N2O2/c1-9-7-13-11-6-10(4-5-14(9)11)16-8-12(2,3)15/h4-7,15H,8H2,1-3H3. The molecule has 0 fully saturated rings. The summed E-state index contributed by atoms with van der Waals surface area (Å²) in [6.07, 6.45) is 3.73. The summed E-state index contributed by atoms with van der Waals surface area (Å²) >= 11 is 0. The van der Waals surface area contributed by atoms with Gasteiger partial charge in [-0.15, -0.1) is 0 Å². The Morgan fingerprint density at radius 1 is 1.50 bits per heavy atom. The van der Waals surface area contributed by atoms with E-state index in [-0.39, 0.29) is 6.61 Å². The van der Waals surface area contributed by atoms with Crippen LogP contribution >= 0.6 is 0 Å². The molecular weight excluding hydrogens is 204 g/mol. The Morgan fingerprint density at radius 3 is 2.94 bits per heavy atom. The number of imidazole rings is 1. The van der Waals surface area contributed by atoms with Crippen LogP contribution in [0.15, 0.2) is 24.5 Å². The van der Waals surface area contributed by atoms with E-state index in [0.29, 0.717) is 0 Å². The summed E-state index contributed by atoms with van der Waals surface area (Å²) in [5.74, 6) is 0.722. The minimum absolute atomic E-state index is 0.267. The van der Waals surface area contributed by atoms with Gasteiger partial charge in [0, 0.05) is 24.2 Å². The molecule has 0 saturated carbocycles. The highest BCUT2D eigenvalue weighted by molar-refractivity contribution is 5.45. The van der Waals surface area contributed by atoms with Gasteiger partial charge in [0.15, 0.2) is 0 Å². The van der Waals surface area contributed by atoms with Crippen molar-refractivity contribution < 1.29 is 9.84 Å². The molecule has 2 rings (SSSR count). The van der Waals surface area contributed by atoms with Crippen LogP contribution in [0.1, 0.15) is 19.5 Å². The van der Waals surface area contributed by atoms with E-state index in [4.69, 9.17) is 4.74 Å². The summed E-state index contributed by atoms with van der Waals surface area (Å²) in [6, 6.07) is 3.73. The van der Waals surface area contributed by atoms with Gasteiger partial charge in [0.25, 0.3) is 0 Å². The Morgan fingerprint density at radius 2 is 2.25 bits per heavy atom. The van der Waals surface area contributed by atoms with Crippen molar-refractivity contribution in [3.63, 3.8) is 0 Å². The largest absolute Gasteiger partial charge is 0.490 e. The zero-order chi connectivity index (χ0) is 11.8. The van der Waals surface area contributed by atoms with Crippen LogP contribution in [0.25, 0.3) is 5.65 Å². The van der Waals surface area contributed by atoms with E-state index in [0.717, 1.165) is 17.1 Å². The number of aromatic nitrogens is 2. The van der Waals surface area contributed by atoms with Crippen molar-refractivity contribution in [3.8, 4) is 5.75 Å². The van der Waals surface area contributed by atoms with E-state index in [1.165, 1.54) is 0 Å². The molecule has 2 heterocycles. The van der Waals surface area contributed by atoms with Crippen molar-refractivity contribution in [2.75, 3.05) is 6.61 Å². The predicted octanol–water partition coefficient (Wildman–Crippen LogP) is 1.79. The molecule has 0 amide bonds. The van der Waals surface area contributed by atoms with Gasteiger partial charge in [-0.3, -0.25) is 0 Å². The second-order valence-electron chi connectivity index (χ2n) is 4.59. The molecule has 2 aromatic rings. The van der Waals surface area contributed by atoms with E-state index < -0.39 is 5.60 Å². The minimum atomic E-state index is -0.822. The van der Waals surface area contributed by atoms with Crippen molar-refractivity contribution in [1.82, 2.24) is 9.38 Å². The van der Waals surface area contributed by atoms with E-state index in [9.17, 15) is 5.11 Å². The fraction of sp³-hybridized carbons (Fsp3) is 0.417. The predicted molar refractivity (Wildman–Crippen MR) is 61.7 cm³/mol. The van der Waals surface area contributed by atoms with Crippen molar-refractivity contribution >= 4 is 5.65 Å². The first-order valence-corrected chi connectivity index (χ1v) is 5.25. The first kappa shape index (κ1) is 11.0. The van der Waals surface area contributed by atoms with Crippen LogP contribution in [0, 0.1) is 6.92 Å². The average molecular weight is 220 g/mol. The Hall–Kier alpha value is -1.55. The maximum atomic E-state index is 9.55. The van der Waals surface area contributed by atoms with Gasteiger partial charge in [-0.1, -0.05) is 0 Å². The van der Waals surface area contributed by atoms with Gasteiger partial charge in [-0.2, -0.15) is 0 Å². The van der Waals surface area contributed by atoms with Crippen LogP contribution in [0.2, 0.25) is 0 Å².